The van der Waals surface area contributed by atoms with Crippen LogP contribution in [0.2, 0.25) is 0 Å². The average molecular weight is 238 g/mol. The van der Waals surface area contributed by atoms with Gasteiger partial charge in [0.25, 0.3) is 0 Å². The molecule has 0 heterocycles. The minimum atomic E-state index is 0.730. The summed E-state index contributed by atoms with van der Waals surface area (Å²) in [5, 5.41) is 3.73. The van der Waals surface area contributed by atoms with E-state index < -0.39 is 0 Å². The Morgan fingerprint density at radius 2 is 1.82 bits per heavy atom. The molecule has 0 bridgehead atoms. The largest absolute Gasteiger partial charge is 0.313 e. The van der Waals surface area contributed by atoms with E-state index in [4.69, 9.17) is 0 Å². The highest BCUT2D eigenvalue weighted by atomic mass is 15.2. The third-order valence-electron chi connectivity index (χ3n) is 4.92. The number of likely N-dealkylation sites (N-methyl/N-ethyl adjacent to an activating group) is 2. The fourth-order valence-electron chi connectivity index (χ4n) is 3.49. The van der Waals surface area contributed by atoms with Crippen LogP contribution in [0.15, 0.2) is 0 Å². The SMILES string of the molecule is CCNC1CCCCCC1N(C)C(C)C1CC1. The summed E-state index contributed by atoms with van der Waals surface area (Å²) in [6.45, 7) is 5.80. The Bertz CT molecular complexity index is 225. The van der Waals surface area contributed by atoms with Gasteiger partial charge in [0, 0.05) is 18.1 Å². The third kappa shape index (κ3) is 3.45. The molecular weight excluding hydrogens is 208 g/mol. The van der Waals surface area contributed by atoms with Gasteiger partial charge in [0.05, 0.1) is 0 Å². The van der Waals surface area contributed by atoms with Gasteiger partial charge >= 0.3 is 0 Å². The molecule has 0 saturated heterocycles. The van der Waals surface area contributed by atoms with Gasteiger partial charge in [-0.3, -0.25) is 4.90 Å². The van der Waals surface area contributed by atoms with Crippen molar-refractivity contribution in [2.24, 2.45) is 5.92 Å². The van der Waals surface area contributed by atoms with E-state index in [0.717, 1.165) is 30.6 Å². The Morgan fingerprint density at radius 3 is 2.47 bits per heavy atom. The molecule has 3 unspecified atom stereocenters. The van der Waals surface area contributed by atoms with E-state index in [2.05, 4.69) is 31.1 Å². The van der Waals surface area contributed by atoms with Gasteiger partial charge < -0.3 is 5.32 Å². The smallest absolute Gasteiger partial charge is 0.0249 e. The molecule has 2 aliphatic carbocycles. The fourth-order valence-corrected chi connectivity index (χ4v) is 3.49. The van der Waals surface area contributed by atoms with Gasteiger partial charge in [0.2, 0.25) is 0 Å². The Balaban J connectivity index is 1.96. The molecule has 2 aliphatic rings. The second-order valence-electron chi connectivity index (χ2n) is 6.11. The van der Waals surface area contributed by atoms with Crippen LogP contribution in [-0.4, -0.2) is 36.6 Å². The van der Waals surface area contributed by atoms with Gasteiger partial charge in [-0.15, -0.1) is 0 Å². The molecule has 0 amide bonds. The van der Waals surface area contributed by atoms with E-state index in [1.807, 2.05) is 0 Å². The summed E-state index contributed by atoms with van der Waals surface area (Å²) < 4.78 is 0. The molecule has 17 heavy (non-hydrogen) atoms. The molecule has 3 atom stereocenters. The van der Waals surface area contributed by atoms with Crippen LogP contribution in [0.5, 0.6) is 0 Å². The highest BCUT2D eigenvalue weighted by Gasteiger charge is 2.35. The molecule has 0 aliphatic heterocycles. The first-order valence-electron chi connectivity index (χ1n) is 7.69. The van der Waals surface area contributed by atoms with Crippen LogP contribution >= 0.6 is 0 Å². The van der Waals surface area contributed by atoms with Crippen molar-refractivity contribution in [1.82, 2.24) is 10.2 Å². The summed E-state index contributed by atoms with van der Waals surface area (Å²) >= 11 is 0. The van der Waals surface area contributed by atoms with Crippen LogP contribution in [0.3, 0.4) is 0 Å². The molecule has 0 radical (unpaired) electrons. The van der Waals surface area contributed by atoms with Crippen molar-refractivity contribution in [2.45, 2.75) is 76.9 Å². The summed E-state index contributed by atoms with van der Waals surface area (Å²) in [6.07, 6.45) is 9.97. The second kappa shape index (κ2) is 6.19. The first-order valence-corrected chi connectivity index (χ1v) is 7.69. The third-order valence-corrected chi connectivity index (χ3v) is 4.92. The summed E-state index contributed by atoms with van der Waals surface area (Å²) in [7, 11) is 2.36. The van der Waals surface area contributed by atoms with Crippen LogP contribution < -0.4 is 5.32 Å². The molecular formula is C15H30N2. The Kier molecular flexibility index (Phi) is 4.87. The number of hydrogen-bond donors (Lipinski definition) is 1. The maximum atomic E-state index is 3.73. The number of nitrogens with zero attached hydrogens (tertiary/aromatic N) is 1. The van der Waals surface area contributed by atoms with Crippen LogP contribution in [-0.2, 0) is 0 Å². The fraction of sp³-hybridized carbons (Fsp3) is 1.00. The number of rotatable bonds is 5. The lowest BCUT2D eigenvalue weighted by atomic mass is 9.99. The number of hydrogen-bond acceptors (Lipinski definition) is 2. The molecule has 0 aromatic rings. The van der Waals surface area contributed by atoms with Crippen molar-refractivity contribution >= 4 is 0 Å². The Morgan fingerprint density at radius 1 is 1.12 bits per heavy atom. The summed E-state index contributed by atoms with van der Waals surface area (Å²) in [6, 6.07) is 2.29. The van der Waals surface area contributed by atoms with Crippen molar-refractivity contribution in [2.75, 3.05) is 13.6 Å². The van der Waals surface area contributed by atoms with E-state index in [1.54, 1.807) is 0 Å². The zero-order chi connectivity index (χ0) is 12.3. The molecule has 2 fully saturated rings. The Labute approximate surface area is 107 Å². The summed E-state index contributed by atoms with van der Waals surface area (Å²) in [5.74, 6) is 0.991. The first-order chi connectivity index (χ1) is 8.24. The quantitative estimate of drug-likeness (QED) is 0.741. The zero-order valence-corrected chi connectivity index (χ0v) is 11.9. The monoisotopic (exact) mass is 238 g/mol. The summed E-state index contributed by atoms with van der Waals surface area (Å²) in [5.41, 5.74) is 0. The minimum absolute atomic E-state index is 0.730. The number of nitrogens with one attached hydrogen (secondary N) is 1. The molecule has 2 heteroatoms. The molecule has 0 aromatic heterocycles. The van der Waals surface area contributed by atoms with Gasteiger partial charge in [-0.25, -0.2) is 0 Å². The van der Waals surface area contributed by atoms with E-state index in [9.17, 15) is 0 Å². The molecule has 100 valence electrons. The van der Waals surface area contributed by atoms with Crippen molar-refractivity contribution in [3.05, 3.63) is 0 Å². The van der Waals surface area contributed by atoms with Gasteiger partial charge in [0.1, 0.15) is 0 Å². The lowest BCUT2D eigenvalue weighted by Crippen LogP contribution is -2.51. The standard InChI is InChI=1S/C15H30N2/c1-4-16-14-8-6-5-7-9-15(14)17(3)12(2)13-10-11-13/h12-16H,4-11H2,1-3H3. The van der Waals surface area contributed by atoms with E-state index >= 15 is 0 Å². The maximum Gasteiger partial charge on any atom is 0.0249 e. The zero-order valence-electron chi connectivity index (χ0n) is 11.9. The minimum Gasteiger partial charge on any atom is -0.313 e. The highest BCUT2D eigenvalue weighted by Crippen LogP contribution is 2.36. The van der Waals surface area contributed by atoms with Crippen molar-refractivity contribution in [3.8, 4) is 0 Å². The van der Waals surface area contributed by atoms with Gasteiger partial charge in [-0.05, 0) is 52.1 Å². The summed E-state index contributed by atoms with van der Waals surface area (Å²) in [4.78, 5) is 2.69. The topological polar surface area (TPSA) is 15.3 Å². The second-order valence-corrected chi connectivity index (χ2v) is 6.11. The molecule has 0 spiro atoms. The van der Waals surface area contributed by atoms with E-state index in [-0.39, 0.29) is 0 Å². The van der Waals surface area contributed by atoms with Gasteiger partial charge in [-0.1, -0.05) is 26.2 Å². The lowest BCUT2D eigenvalue weighted by Gasteiger charge is -2.38. The highest BCUT2D eigenvalue weighted by molar-refractivity contribution is 4.92. The maximum absolute atomic E-state index is 3.73. The van der Waals surface area contributed by atoms with Crippen LogP contribution in [0, 0.1) is 5.92 Å². The molecule has 2 saturated carbocycles. The molecule has 2 nitrogen and oxygen atoms in total. The molecule has 0 aromatic carbocycles. The van der Waals surface area contributed by atoms with Crippen LogP contribution in [0.4, 0.5) is 0 Å². The predicted molar refractivity (Wildman–Crippen MR) is 74.3 cm³/mol. The van der Waals surface area contributed by atoms with E-state index in [1.165, 1.54) is 44.9 Å². The van der Waals surface area contributed by atoms with Gasteiger partial charge in [-0.2, -0.15) is 0 Å². The average Bonchev–Trinajstić information content (AvgIpc) is 3.15. The lowest BCUT2D eigenvalue weighted by molar-refractivity contribution is 0.126. The van der Waals surface area contributed by atoms with Crippen molar-refractivity contribution < 1.29 is 0 Å². The van der Waals surface area contributed by atoms with Crippen LogP contribution in [0.25, 0.3) is 0 Å². The normalized spacial score (nSPS) is 32.5. The van der Waals surface area contributed by atoms with Crippen molar-refractivity contribution in [3.63, 3.8) is 0 Å². The Hall–Kier alpha value is -0.0800. The first kappa shape index (κ1) is 13.4. The molecule has 1 N–H and O–H groups in total. The molecule has 2 rings (SSSR count). The van der Waals surface area contributed by atoms with Crippen LogP contribution in [0.1, 0.15) is 58.8 Å². The van der Waals surface area contributed by atoms with E-state index in [0.29, 0.717) is 0 Å². The van der Waals surface area contributed by atoms with Gasteiger partial charge in [0.15, 0.2) is 0 Å². The van der Waals surface area contributed by atoms with Crippen molar-refractivity contribution in [1.29, 1.82) is 0 Å². The predicted octanol–water partition coefficient (Wildman–Crippen LogP) is 3.03.